The maximum Gasteiger partial charge on any atom is 0.165 e. The van der Waals surface area contributed by atoms with E-state index in [0.29, 0.717) is 28.4 Å². The predicted molar refractivity (Wildman–Crippen MR) is 116 cm³/mol. The molecule has 1 aromatic heterocycles. The number of benzene rings is 3. The summed E-state index contributed by atoms with van der Waals surface area (Å²) in [4.78, 5) is 9.01. The zero-order valence-electron chi connectivity index (χ0n) is 16.5. The van der Waals surface area contributed by atoms with E-state index < -0.39 is 0 Å². The molecular formula is C23H19FN4O2. The number of methoxy groups -OCH3 is 2. The lowest BCUT2D eigenvalue weighted by molar-refractivity contribution is 0.394. The highest BCUT2D eigenvalue weighted by molar-refractivity contribution is 5.91. The number of halogens is 1. The minimum atomic E-state index is -0.384. The summed E-state index contributed by atoms with van der Waals surface area (Å²) < 4.78 is 24.9. The highest BCUT2D eigenvalue weighted by Gasteiger charge is 2.12. The van der Waals surface area contributed by atoms with Gasteiger partial charge in [0.25, 0.3) is 0 Å². The molecule has 0 unspecified atom stereocenters. The topological polar surface area (TPSA) is 68.6 Å². The standard InChI is InChI=1S/C23H19FN4O2/c1-29-16-12-11-15(21(13-16)30-2)14-25-28-23-18-8-4-6-10-20(18)26-22(27-23)17-7-3-5-9-19(17)24/h3-14H,1-2H3,(H,26,27,28). The van der Waals surface area contributed by atoms with Gasteiger partial charge in [0.2, 0.25) is 0 Å². The molecular weight excluding hydrogens is 383 g/mol. The van der Waals surface area contributed by atoms with E-state index in [1.807, 2.05) is 36.4 Å². The summed E-state index contributed by atoms with van der Waals surface area (Å²) in [6.07, 6.45) is 1.62. The van der Waals surface area contributed by atoms with Crippen molar-refractivity contribution in [1.82, 2.24) is 9.97 Å². The molecule has 7 heteroatoms. The van der Waals surface area contributed by atoms with Gasteiger partial charge in [0.15, 0.2) is 11.6 Å². The summed E-state index contributed by atoms with van der Waals surface area (Å²) in [5, 5.41) is 5.08. The fourth-order valence-corrected chi connectivity index (χ4v) is 3.01. The third kappa shape index (κ3) is 3.91. The van der Waals surface area contributed by atoms with Crippen molar-refractivity contribution in [3.63, 3.8) is 0 Å². The minimum absolute atomic E-state index is 0.284. The van der Waals surface area contributed by atoms with E-state index in [1.54, 1.807) is 44.7 Å². The molecule has 0 aliphatic rings. The Labute approximate surface area is 173 Å². The number of hydrogen-bond acceptors (Lipinski definition) is 6. The average Bonchev–Trinajstić information content (AvgIpc) is 2.79. The average molecular weight is 402 g/mol. The number of hydrogen-bond donors (Lipinski definition) is 1. The van der Waals surface area contributed by atoms with Crippen LogP contribution >= 0.6 is 0 Å². The molecule has 0 fully saturated rings. The molecule has 0 amide bonds. The molecule has 4 aromatic rings. The van der Waals surface area contributed by atoms with Crippen molar-refractivity contribution in [2.75, 3.05) is 19.6 Å². The van der Waals surface area contributed by atoms with Crippen LogP contribution in [0.5, 0.6) is 11.5 Å². The van der Waals surface area contributed by atoms with Crippen LogP contribution in [-0.4, -0.2) is 30.4 Å². The van der Waals surface area contributed by atoms with Crippen LogP contribution in [0, 0.1) is 5.82 Å². The first kappa shape index (κ1) is 19.3. The summed E-state index contributed by atoms with van der Waals surface area (Å²) in [6, 6.07) is 19.3. The van der Waals surface area contributed by atoms with Crippen LogP contribution in [0.1, 0.15) is 5.56 Å². The van der Waals surface area contributed by atoms with Crippen molar-refractivity contribution in [2.45, 2.75) is 0 Å². The molecule has 0 radical (unpaired) electrons. The second-order valence-corrected chi connectivity index (χ2v) is 6.37. The van der Waals surface area contributed by atoms with Gasteiger partial charge in [-0.3, -0.25) is 5.43 Å². The molecule has 0 aliphatic heterocycles. The highest BCUT2D eigenvalue weighted by atomic mass is 19.1. The Morgan fingerprint density at radius 3 is 2.53 bits per heavy atom. The van der Waals surface area contributed by atoms with Crippen LogP contribution in [0.2, 0.25) is 0 Å². The molecule has 0 saturated carbocycles. The van der Waals surface area contributed by atoms with E-state index in [-0.39, 0.29) is 11.6 Å². The number of anilines is 1. The molecule has 6 nitrogen and oxygen atoms in total. The van der Waals surface area contributed by atoms with Crippen LogP contribution in [0.3, 0.4) is 0 Å². The monoisotopic (exact) mass is 402 g/mol. The number of ether oxygens (including phenoxy) is 2. The third-order valence-electron chi connectivity index (χ3n) is 4.53. The first-order valence-corrected chi connectivity index (χ1v) is 9.22. The molecule has 0 atom stereocenters. The van der Waals surface area contributed by atoms with Gasteiger partial charge < -0.3 is 9.47 Å². The Morgan fingerprint density at radius 1 is 0.933 bits per heavy atom. The second-order valence-electron chi connectivity index (χ2n) is 6.37. The van der Waals surface area contributed by atoms with Crippen LogP contribution in [0.25, 0.3) is 22.3 Å². The molecule has 0 bridgehead atoms. The van der Waals surface area contributed by atoms with Crippen molar-refractivity contribution in [1.29, 1.82) is 0 Å². The van der Waals surface area contributed by atoms with Gasteiger partial charge in [0, 0.05) is 17.0 Å². The Kier molecular flexibility index (Phi) is 5.52. The molecule has 150 valence electrons. The molecule has 1 heterocycles. The smallest absolute Gasteiger partial charge is 0.165 e. The summed E-state index contributed by atoms with van der Waals surface area (Å²) in [5.41, 5.74) is 4.73. The lowest BCUT2D eigenvalue weighted by Gasteiger charge is -2.09. The molecule has 1 N–H and O–H groups in total. The van der Waals surface area contributed by atoms with E-state index in [4.69, 9.17) is 9.47 Å². The van der Waals surface area contributed by atoms with Gasteiger partial charge >= 0.3 is 0 Å². The number of fused-ring (bicyclic) bond motifs is 1. The van der Waals surface area contributed by atoms with E-state index in [0.717, 1.165) is 10.9 Å². The lowest BCUT2D eigenvalue weighted by atomic mass is 10.1. The van der Waals surface area contributed by atoms with Crippen LogP contribution in [0.4, 0.5) is 10.2 Å². The van der Waals surface area contributed by atoms with Crippen LogP contribution in [-0.2, 0) is 0 Å². The Morgan fingerprint density at radius 2 is 1.73 bits per heavy atom. The molecule has 3 aromatic carbocycles. The van der Waals surface area contributed by atoms with Crippen molar-refractivity contribution < 1.29 is 13.9 Å². The summed E-state index contributed by atoms with van der Waals surface area (Å²) >= 11 is 0. The quantitative estimate of drug-likeness (QED) is 0.367. The van der Waals surface area contributed by atoms with Gasteiger partial charge in [-0.05, 0) is 36.4 Å². The highest BCUT2D eigenvalue weighted by Crippen LogP contribution is 2.27. The number of nitrogens with zero attached hydrogens (tertiary/aromatic N) is 3. The Bertz CT molecular complexity index is 1230. The number of hydrazone groups is 1. The lowest BCUT2D eigenvalue weighted by Crippen LogP contribution is -2.00. The second kappa shape index (κ2) is 8.57. The fourth-order valence-electron chi connectivity index (χ4n) is 3.01. The van der Waals surface area contributed by atoms with Crippen molar-refractivity contribution in [3.8, 4) is 22.9 Å². The normalized spacial score (nSPS) is 11.0. The number of nitrogens with one attached hydrogen (secondary N) is 1. The largest absolute Gasteiger partial charge is 0.497 e. The number of para-hydroxylation sites is 1. The predicted octanol–water partition coefficient (Wildman–Crippen LogP) is 4.90. The van der Waals surface area contributed by atoms with Gasteiger partial charge in [-0.1, -0.05) is 24.3 Å². The van der Waals surface area contributed by atoms with E-state index in [1.165, 1.54) is 6.07 Å². The van der Waals surface area contributed by atoms with Gasteiger partial charge in [-0.25, -0.2) is 14.4 Å². The Balaban J connectivity index is 1.70. The molecule has 0 spiro atoms. The number of aromatic nitrogens is 2. The summed E-state index contributed by atoms with van der Waals surface area (Å²) in [5.74, 6) is 1.69. The molecule has 4 rings (SSSR count). The van der Waals surface area contributed by atoms with Crippen molar-refractivity contribution in [2.24, 2.45) is 5.10 Å². The fraction of sp³-hybridized carbons (Fsp3) is 0.0870. The van der Waals surface area contributed by atoms with E-state index >= 15 is 0 Å². The van der Waals surface area contributed by atoms with Crippen molar-refractivity contribution >= 4 is 22.9 Å². The van der Waals surface area contributed by atoms with Gasteiger partial charge in [0.05, 0.1) is 31.5 Å². The van der Waals surface area contributed by atoms with Gasteiger partial charge in [0.1, 0.15) is 17.3 Å². The number of rotatable bonds is 6. The van der Waals surface area contributed by atoms with Crippen molar-refractivity contribution in [3.05, 3.63) is 78.1 Å². The zero-order valence-corrected chi connectivity index (χ0v) is 16.5. The third-order valence-corrected chi connectivity index (χ3v) is 4.53. The maximum atomic E-state index is 14.3. The van der Waals surface area contributed by atoms with Gasteiger partial charge in [-0.2, -0.15) is 5.10 Å². The van der Waals surface area contributed by atoms with Gasteiger partial charge in [-0.15, -0.1) is 0 Å². The summed E-state index contributed by atoms with van der Waals surface area (Å²) in [7, 11) is 3.18. The van der Waals surface area contributed by atoms with E-state index in [2.05, 4.69) is 20.5 Å². The zero-order chi connectivity index (χ0) is 20.9. The minimum Gasteiger partial charge on any atom is -0.497 e. The SMILES string of the molecule is COc1ccc(C=NNc2nc(-c3ccccc3F)nc3ccccc23)c(OC)c1. The maximum absolute atomic E-state index is 14.3. The summed E-state index contributed by atoms with van der Waals surface area (Å²) in [6.45, 7) is 0. The molecule has 0 saturated heterocycles. The van der Waals surface area contributed by atoms with Crippen LogP contribution < -0.4 is 14.9 Å². The molecule has 0 aliphatic carbocycles. The Hall–Kier alpha value is -4.00. The molecule has 30 heavy (non-hydrogen) atoms. The first-order chi connectivity index (χ1) is 14.7. The van der Waals surface area contributed by atoms with E-state index in [9.17, 15) is 4.39 Å². The first-order valence-electron chi connectivity index (χ1n) is 9.22. The van der Waals surface area contributed by atoms with Crippen LogP contribution in [0.15, 0.2) is 71.8 Å².